The lowest BCUT2D eigenvalue weighted by molar-refractivity contribution is -0.136. The summed E-state index contributed by atoms with van der Waals surface area (Å²) in [6.45, 7) is 3.91. The van der Waals surface area contributed by atoms with Crippen LogP contribution >= 0.6 is 11.3 Å². The molecule has 4 nitrogen and oxygen atoms in total. The maximum atomic E-state index is 10.8. The van der Waals surface area contributed by atoms with E-state index in [0.29, 0.717) is 0 Å². The highest BCUT2D eigenvalue weighted by atomic mass is 32.1. The van der Waals surface area contributed by atoms with Gasteiger partial charge in [-0.2, -0.15) is 0 Å². The number of aryl methyl sites for hydroxylation is 2. The molecule has 18 heavy (non-hydrogen) atoms. The molecular formula is C13H14N2O2S. The summed E-state index contributed by atoms with van der Waals surface area (Å²) in [5.74, 6) is -0.829. The Kier molecular flexibility index (Phi) is 3.72. The summed E-state index contributed by atoms with van der Waals surface area (Å²) in [6, 6.07) is 3.93. The normalized spacial score (nSPS) is 10.6. The molecule has 2 aromatic heterocycles. The van der Waals surface area contributed by atoms with Crippen molar-refractivity contribution in [2.45, 2.75) is 26.7 Å². The fourth-order valence-corrected chi connectivity index (χ4v) is 2.83. The van der Waals surface area contributed by atoms with Crippen molar-refractivity contribution in [3.8, 4) is 10.7 Å². The summed E-state index contributed by atoms with van der Waals surface area (Å²) < 4.78 is 0. The number of hydrogen-bond acceptors (Lipinski definition) is 4. The fourth-order valence-electron chi connectivity index (χ4n) is 1.75. The highest BCUT2D eigenvalue weighted by Crippen LogP contribution is 2.29. The van der Waals surface area contributed by atoms with Gasteiger partial charge in [0.2, 0.25) is 0 Å². The monoisotopic (exact) mass is 262 g/mol. The van der Waals surface area contributed by atoms with Gasteiger partial charge in [-0.25, -0.2) is 4.98 Å². The molecule has 0 radical (unpaired) electrons. The van der Waals surface area contributed by atoms with E-state index < -0.39 is 5.97 Å². The van der Waals surface area contributed by atoms with E-state index >= 15 is 0 Å². The fraction of sp³-hybridized carbons (Fsp3) is 0.308. The molecule has 2 aromatic rings. The third-order valence-electron chi connectivity index (χ3n) is 2.68. The van der Waals surface area contributed by atoms with Gasteiger partial charge in [-0.15, -0.1) is 11.3 Å². The van der Waals surface area contributed by atoms with Crippen LogP contribution in [-0.2, 0) is 17.6 Å². The van der Waals surface area contributed by atoms with Crippen LogP contribution in [-0.4, -0.2) is 21.0 Å². The number of hydrogen-bond donors (Lipinski definition) is 1. The van der Waals surface area contributed by atoms with Gasteiger partial charge in [-0.1, -0.05) is 13.0 Å². The van der Waals surface area contributed by atoms with E-state index in [1.807, 2.05) is 19.1 Å². The summed E-state index contributed by atoms with van der Waals surface area (Å²) in [4.78, 5) is 20.3. The molecule has 2 heterocycles. The molecule has 5 heteroatoms. The number of rotatable bonds is 4. The number of aromatic nitrogens is 2. The molecule has 0 unspecified atom stereocenters. The Morgan fingerprint density at radius 1 is 1.50 bits per heavy atom. The van der Waals surface area contributed by atoms with Gasteiger partial charge in [-0.3, -0.25) is 9.78 Å². The first-order valence-electron chi connectivity index (χ1n) is 5.74. The van der Waals surface area contributed by atoms with Crippen molar-refractivity contribution in [3.63, 3.8) is 0 Å². The average molecular weight is 262 g/mol. The van der Waals surface area contributed by atoms with Crippen molar-refractivity contribution in [1.82, 2.24) is 9.97 Å². The van der Waals surface area contributed by atoms with Gasteiger partial charge in [-0.05, 0) is 25.0 Å². The Morgan fingerprint density at radius 3 is 2.94 bits per heavy atom. The van der Waals surface area contributed by atoms with E-state index in [-0.39, 0.29) is 6.42 Å². The molecule has 0 aliphatic carbocycles. The third-order valence-corrected chi connectivity index (χ3v) is 3.84. The van der Waals surface area contributed by atoms with Crippen molar-refractivity contribution in [3.05, 3.63) is 34.5 Å². The van der Waals surface area contributed by atoms with Crippen molar-refractivity contribution in [2.75, 3.05) is 0 Å². The highest BCUT2D eigenvalue weighted by molar-refractivity contribution is 7.15. The van der Waals surface area contributed by atoms with Gasteiger partial charge in [0.15, 0.2) is 0 Å². The van der Waals surface area contributed by atoms with Gasteiger partial charge in [0, 0.05) is 11.1 Å². The Hall–Kier alpha value is -1.75. The predicted molar refractivity (Wildman–Crippen MR) is 70.8 cm³/mol. The topological polar surface area (TPSA) is 63.1 Å². The Bertz CT molecular complexity index is 578. The van der Waals surface area contributed by atoms with Crippen LogP contribution < -0.4 is 0 Å². The van der Waals surface area contributed by atoms with E-state index in [2.05, 4.69) is 16.9 Å². The molecule has 94 valence electrons. The molecule has 0 saturated carbocycles. The number of aliphatic carboxylic acids is 1. The van der Waals surface area contributed by atoms with E-state index in [1.54, 1.807) is 6.20 Å². The van der Waals surface area contributed by atoms with Gasteiger partial charge in [0.25, 0.3) is 0 Å². The van der Waals surface area contributed by atoms with Crippen LogP contribution in [0.5, 0.6) is 0 Å². The molecule has 1 N–H and O–H groups in total. The second-order valence-electron chi connectivity index (χ2n) is 3.96. The number of carboxylic acids is 1. The minimum absolute atomic E-state index is 0.0256. The molecule has 0 amide bonds. The van der Waals surface area contributed by atoms with E-state index in [1.165, 1.54) is 11.3 Å². The first-order valence-corrected chi connectivity index (χ1v) is 6.55. The Morgan fingerprint density at radius 2 is 2.28 bits per heavy atom. The third kappa shape index (κ3) is 2.56. The molecule has 0 fully saturated rings. The van der Waals surface area contributed by atoms with Gasteiger partial charge in [0.05, 0.1) is 12.1 Å². The Labute approximate surface area is 109 Å². The first-order chi connectivity index (χ1) is 8.61. The maximum absolute atomic E-state index is 10.8. The lowest BCUT2D eigenvalue weighted by Crippen LogP contribution is -1.99. The largest absolute Gasteiger partial charge is 0.481 e. The zero-order valence-electron chi connectivity index (χ0n) is 10.3. The summed E-state index contributed by atoms with van der Waals surface area (Å²) in [5, 5.41) is 9.64. The van der Waals surface area contributed by atoms with E-state index in [9.17, 15) is 4.79 Å². The zero-order valence-corrected chi connectivity index (χ0v) is 11.1. The second-order valence-corrected chi connectivity index (χ2v) is 5.05. The Balaban J connectivity index is 2.42. The standard InChI is InChI=1S/C13H14N2O2S/c1-3-9-5-4-6-14-12(9)13-15-8(2)10(18-13)7-11(16)17/h4-6H,3,7H2,1-2H3,(H,16,17). The van der Waals surface area contributed by atoms with Crippen molar-refractivity contribution < 1.29 is 9.90 Å². The van der Waals surface area contributed by atoms with Crippen LogP contribution in [0.3, 0.4) is 0 Å². The van der Waals surface area contributed by atoms with Crippen LogP contribution in [0.2, 0.25) is 0 Å². The second kappa shape index (κ2) is 5.27. The molecule has 0 bridgehead atoms. The molecule has 0 spiro atoms. The highest BCUT2D eigenvalue weighted by Gasteiger charge is 2.14. The number of pyridine rings is 1. The average Bonchev–Trinajstić information content (AvgIpc) is 2.70. The molecule has 2 rings (SSSR count). The van der Waals surface area contributed by atoms with E-state index in [4.69, 9.17) is 5.11 Å². The molecule has 0 aliphatic rings. The zero-order chi connectivity index (χ0) is 13.1. The van der Waals surface area contributed by atoms with E-state index in [0.717, 1.165) is 33.3 Å². The summed E-state index contributed by atoms with van der Waals surface area (Å²) in [5.41, 5.74) is 2.78. The predicted octanol–water partition coefficient (Wildman–Crippen LogP) is 2.70. The summed E-state index contributed by atoms with van der Waals surface area (Å²) >= 11 is 1.42. The maximum Gasteiger partial charge on any atom is 0.308 e. The molecule has 0 saturated heterocycles. The van der Waals surface area contributed by atoms with Gasteiger partial charge >= 0.3 is 5.97 Å². The summed E-state index contributed by atoms with van der Waals surface area (Å²) in [6.07, 6.45) is 2.65. The van der Waals surface area contributed by atoms with Crippen LogP contribution in [0.15, 0.2) is 18.3 Å². The quantitative estimate of drug-likeness (QED) is 0.920. The van der Waals surface area contributed by atoms with Crippen molar-refractivity contribution in [1.29, 1.82) is 0 Å². The van der Waals surface area contributed by atoms with Crippen LogP contribution in [0.25, 0.3) is 10.7 Å². The molecule has 0 aromatic carbocycles. The number of carbonyl (C=O) groups is 1. The minimum atomic E-state index is -0.829. The molecular weight excluding hydrogens is 248 g/mol. The van der Waals surface area contributed by atoms with Crippen LogP contribution in [0.4, 0.5) is 0 Å². The van der Waals surface area contributed by atoms with Crippen molar-refractivity contribution >= 4 is 17.3 Å². The smallest absolute Gasteiger partial charge is 0.308 e. The van der Waals surface area contributed by atoms with Gasteiger partial charge in [0.1, 0.15) is 10.7 Å². The number of carboxylic acid groups (broad SMARTS) is 1. The SMILES string of the molecule is CCc1cccnc1-c1nc(C)c(CC(=O)O)s1. The minimum Gasteiger partial charge on any atom is -0.481 e. The van der Waals surface area contributed by atoms with Crippen LogP contribution in [0, 0.1) is 6.92 Å². The number of nitrogens with zero attached hydrogens (tertiary/aromatic N) is 2. The molecule has 0 atom stereocenters. The van der Waals surface area contributed by atoms with Crippen molar-refractivity contribution in [2.24, 2.45) is 0 Å². The lowest BCUT2D eigenvalue weighted by Gasteiger charge is -2.01. The first kappa shape index (κ1) is 12.7. The van der Waals surface area contributed by atoms with Crippen LogP contribution in [0.1, 0.15) is 23.1 Å². The molecule has 0 aliphatic heterocycles. The summed E-state index contributed by atoms with van der Waals surface area (Å²) in [7, 11) is 0. The lowest BCUT2D eigenvalue weighted by atomic mass is 10.1. The van der Waals surface area contributed by atoms with Gasteiger partial charge < -0.3 is 5.11 Å². The number of thiazole rings is 1.